The molecule has 0 spiro atoms. The van der Waals surface area contributed by atoms with Gasteiger partial charge in [0.15, 0.2) is 0 Å². The molecule has 0 bridgehead atoms. The second kappa shape index (κ2) is 5.97. The summed E-state index contributed by atoms with van der Waals surface area (Å²) in [6.45, 7) is 1.78. The molecule has 0 atom stereocenters. The fourth-order valence-corrected chi connectivity index (χ4v) is 2.03. The first-order valence-corrected chi connectivity index (χ1v) is 6.56. The van der Waals surface area contributed by atoms with Crippen molar-refractivity contribution >= 4 is 11.9 Å². The van der Waals surface area contributed by atoms with Crippen molar-refractivity contribution in [3.05, 3.63) is 41.5 Å². The summed E-state index contributed by atoms with van der Waals surface area (Å²) in [6, 6.07) is 2.46. The van der Waals surface area contributed by atoms with Crippen LogP contribution in [-0.2, 0) is 11.3 Å². The van der Waals surface area contributed by atoms with Crippen LogP contribution in [0.4, 0.5) is 4.39 Å². The monoisotopic (exact) mass is 305 g/mol. The largest absolute Gasteiger partial charge is 0.478 e. The molecule has 2 aromatic rings. The van der Waals surface area contributed by atoms with E-state index in [2.05, 4.69) is 5.10 Å². The molecular weight excluding hydrogens is 289 g/mol. The highest BCUT2D eigenvalue weighted by molar-refractivity contribution is 5.89. The number of nitrogens with zero attached hydrogens (tertiary/aromatic N) is 3. The lowest BCUT2D eigenvalue weighted by atomic mass is 10.0. The molecular formula is C15H16FN3O3. The van der Waals surface area contributed by atoms with Gasteiger partial charge in [-0.15, -0.1) is 0 Å². The molecule has 22 heavy (non-hydrogen) atoms. The Morgan fingerprint density at radius 1 is 1.36 bits per heavy atom. The van der Waals surface area contributed by atoms with Gasteiger partial charge in [-0.05, 0) is 30.2 Å². The number of aromatic nitrogens is 2. The van der Waals surface area contributed by atoms with Crippen LogP contribution in [0.25, 0.3) is 11.1 Å². The van der Waals surface area contributed by atoms with Crippen molar-refractivity contribution in [1.82, 2.24) is 14.7 Å². The minimum atomic E-state index is -1.31. The molecule has 0 aliphatic heterocycles. The number of carbonyl (C=O) groups excluding carboxylic acids is 1. The number of aryl methyl sites for hydroxylation is 1. The first kappa shape index (κ1) is 15.7. The van der Waals surface area contributed by atoms with Crippen LogP contribution >= 0.6 is 0 Å². The lowest BCUT2D eigenvalue weighted by Crippen LogP contribution is -2.26. The Kier molecular flexibility index (Phi) is 4.25. The molecule has 1 amide bonds. The van der Waals surface area contributed by atoms with Crippen LogP contribution < -0.4 is 0 Å². The first-order valence-electron chi connectivity index (χ1n) is 6.56. The maximum atomic E-state index is 13.8. The highest BCUT2D eigenvalue weighted by Gasteiger charge is 2.15. The van der Waals surface area contributed by atoms with E-state index >= 15 is 0 Å². The van der Waals surface area contributed by atoms with Crippen LogP contribution in [-0.4, -0.2) is 45.8 Å². The third kappa shape index (κ3) is 3.13. The number of halogens is 1. The zero-order valence-electron chi connectivity index (χ0n) is 12.5. The van der Waals surface area contributed by atoms with E-state index in [4.69, 9.17) is 5.11 Å². The average molecular weight is 305 g/mol. The Morgan fingerprint density at radius 2 is 2.05 bits per heavy atom. The van der Waals surface area contributed by atoms with Crippen LogP contribution in [0.1, 0.15) is 15.9 Å². The Hall–Kier alpha value is -2.70. The van der Waals surface area contributed by atoms with Crippen molar-refractivity contribution in [3.8, 4) is 11.1 Å². The molecule has 1 aromatic carbocycles. The Morgan fingerprint density at radius 3 is 2.64 bits per heavy atom. The molecule has 1 aromatic heterocycles. The molecule has 0 radical (unpaired) electrons. The van der Waals surface area contributed by atoms with Gasteiger partial charge in [0, 0.05) is 25.9 Å². The summed E-state index contributed by atoms with van der Waals surface area (Å²) in [5.41, 5.74) is 1.43. The minimum absolute atomic E-state index is 0.0851. The van der Waals surface area contributed by atoms with Crippen LogP contribution in [0, 0.1) is 12.7 Å². The van der Waals surface area contributed by atoms with Crippen molar-refractivity contribution < 1.29 is 19.1 Å². The molecule has 116 valence electrons. The number of carbonyl (C=O) groups is 2. The Labute approximate surface area is 126 Å². The molecule has 1 heterocycles. The van der Waals surface area contributed by atoms with Gasteiger partial charge in [0.1, 0.15) is 12.4 Å². The number of carboxylic acid groups (broad SMARTS) is 1. The number of hydrogen-bond donors (Lipinski definition) is 1. The molecule has 2 rings (SSSR count). The molecule has 0 saturated heterocycles. The average Bonchev–Trinajstić information content (AvgIpc) is 2.88. The standard InChI is InChI=1S/C15H16FN3O3/c1-9-4-12(15(21)22)13(16)5-11(9)10-6-17-19(7-10)8-14(20)18(2)3/h4-7H,8H2,1-3H3,(H,21,22). The zero-order valence-corrected chi connectivity index (χ0v) is 12.5. The van der Waals surface area contributed by atoms with Crippen molar-refractivity contribution in [2.75, 3.05) is 14.1 Å². The fraction of sp³-hybridized carbons (Fsp3) is 0.267. The molecule has 7 heteroatoms. The summed E-state index contributed by atoms with van der Waals surface area (Å²) in [5, 5.41) is 13.0. The van der Waals surface area contributed by atoms with Gasteiger partial charge in [-0.2, -0.15) is 5.10 Å². The Bertz CT molecular complexity index is 738. The highest BCUT2D eigenvalue weighted by atomic mass is 19.1. The van der Waals surface area contributed by atoms with Crippen LogP contribution in [0.5, 0.6) is 0 Å². The summed E-state index contributed by atoms with van der Waals surface area (Å²) in [6.07, 6.45) is 3.15. The van der Waals surface area contributed by atoms with Gasteiger partial charge in [0.25, 0.3) is 0 Å². The van der Waals surface area contributed by atoms with E-state index in [1.54, 1.807) is 27.2 Å². The molecule has 1 N–H and O–H groups in total. The lowest BCUT2D eigenvalue weighted by molar-refractivity contribution is -0.129. The summed E-state index contributed by atoms with van der Waals surface area (Å²) in [7, 11) is 3.30. The summed E-state index contributed by atoms with van der Waals surface area (Å²) < 4.78 is 15.3. The van der Waals surface area contributed by atoms with Crippen LogP contribution in [0.2, 0.25) is 0 Å². The van der Waals surface area contributed by atoms with E-state index in [0.29, 0.717) is 16.7 Å². The van der Waals surface area contributed by atoms with E-state index in [1.807, 2.05) is 0 Å². The molecule has 0 unspecified atom stereocenters. The van der Waals surface area contributed by atoms with Crippen molar-refractivity contribution in [1.29, 1.82) is 0 Å². The second-order valence-corrected chi connectivity index (χ2v) is 5.17. The minimum Gasteiger partial charge on any atom is -0.478 e. The van der Waals surface area contributed by atoms with E-state index < -0.39 is 11.8 Å². The SMILES string of the molecule is Cc1cc(C(=O)O)c(F)cc1-c1cnn(CC(=O)N(C)C)c1. The van der Waals surface area contributed by atoms with Gasteiger partial charge >= 0.3 is 5.97 Å². The summed E-state index contributed by atoms with van der Waals surface area (Å²) in [5.74, 6) is -2.22. The van der Waals surface area contributed by atoms with Gasteiger partial charge in [-0.3, -0.25) is 9.48 Å². The number of benzene rings is 1. The second-order valence-electron chi connectivity index (χ2n) is 5.17. The van der Waals surface area contributed by atoms with Gasteiger partial charge in [0.2, 0.25) is 5.91 Å². The van der Waals surface area contributed by atoms with Gasteiger partial charge < -0.3 is 10.0 Å². The van der Waals surface area contributed by atoms with Crippen molar-refractivity contribution in [2.24, 2.45) is 0 Å². The number of likely N-dealkylation sites (N-methyl/N-ethyl adjacent to an activating group) is 1. The number of carboxylic acids is 1. The van der Waals surface area contributed by atoms with Gasteiger partial charge in [0.05, 0.1) is 11.8 Å². The van der Waals surface area contributed by atoms with Crippen molar-refractivity contribution in [3.63, 3.8) is 0 Å². The number of aromatic carboxylic acids is 1. The predicted octanol–water partition coefficient (Wildman–Crippen LogP) is 1.78. The molecule has 0 aliphatic carbocycles. The lowest BCUT2D eigenvalue weighted by Gasteiger charge is -2.09. The van der Waals surface area contributed by atoms with Crippen molar-refractivity contribution in [2.45, 2.75) is 13.5 Å². The number of hydrogen-bond acceptors (Lipinski definition) is 3. The number of amides is 1. The Balaban J connectivity index is 2.33. The third-order valence-electron chi connectivity index (χ3n) is 3.28. The normalized spacial score (nSPS) is 10.5. The maximum Gasteiger partial charge on any atom is 0.338 e. The quantitative estimate of drug-likeness (QED) is 0.934. The molecule has 0 aliphatic rings. The zero-order chi connectivity index (χ0) is 16.4. The smallest absolute Gasteiger partial charge is 0.338 e. The number of rotatable bonds is 4. The fourth-order valence-electron chi connectivity index (χ4n) is 2.03. The third-order valence-corrected chi connectivity index (χ3v) is 3.28. The maximum absolute atomic E-state index is 13.8. The molecule has 0 saturated carbocycles. The first-order chi connectivity index (χ1) is 10.3. The predicted molar refractivity (Wildman–Crippen MR) is 78.0 cm³/mol. The summed E-state index contributed by atoms with van der Waals surface area (Å²) >= 11 is 0. The highest BCUT2D eigenvalue weighted by Crippen LogP contribution is 2.26. The van der Waals surface area contributed by atoms with E-state index in [0.717, 1.165) is 0 Å². The molecule has 6 nitrogen and oxygen atoms in total. The van der Waals surface area contributed by atoms with Crippen LogP contribution in [0.15, 0.2) is 24.5 Å². The molecule has 0 fully saturated rings. The summed E-state index contributed by atoms with van der Waals surface area (Å²) in [4.78, 5) is 24.0. The van der Waals surface area contributed by atoms with Gasteiger partial charge in [-0.25, -0.2) is 9.18 Å². The topological polar surface area (TPSA) is 75.4 Å². The van der Waals surface area contributed by atoms with Crippen LogP contribution in [0.3, 0.4) is 0 Å². The van der Waals surface area contributed by atoms with Gasteiger partial charge in [-0.1, -0.05) is 0 Å². The van der Waals surface area contributed by atoms with E-state index in [-0.39, 0.29) is 18.0 Å². The van der Waals surface area contributed by atoms with E-state index in [9.17, 15) is 14.0 Å². The van der Waals surface area contributed by atoms with E-state index in [1.165, 1.54) is 27.9 Å².